The van der Waals surface area contributed by atoms with E-state index < -0.39 is 6.61 Å². The molecule has 4 heteroatoms. The molecule has 0 spiro atoms. The Bertz CT molecular complexity index is 337. The van der Waals surface area contributed by atoms with Crippen LogP contribution in [0.4, 0.5) is 8.78 Å². The summed E-state index contributed by atoms with van der Waals surface area (Å²) in [7, 11) is 0. The monoisotopic (exact) mass is 262 g/mol. The maximum atomic E-state index is 12.0. The summed E-state index contributed by atoms with van der Waals surface area (Å²) in [5.41, 5.74) is 1.62. The molecule has 0 radical (unpaired) electrons. The predicted octanol–water partition coefficient (Wildman–Crippen LogP) is 3.96. The molecule has 1 rings (SSSR count). The summed E-state index contributed by atoms with van der Waals surface area (Å²) in [4.78, 5) is 1.60. The SMILES string of the molecule is Cc1ccc(OC(F)F)c(/C=C\Br)c1. The third-order valence-corrected chi connectivity index (χ3v) is 1.89. The van der Waals surface area contributed by atoms with Crippen molar-refractivity contribution in [1.29, 1.82) is 0 Å². The Labute approximate surface area is 89.5 Å². The van der Waals surface area contributed by atoms with Crippen LogP contribution in [-0.4, -0.2) is 6.61 Å². The van der Waals surface area contributed by atoms with Gasteiger partial charge in [-0.05, 0) is 30.1 Å². The van der Waals surface area contributed by atoms with Gasteiger partial charge >= 0.3 is 6.61 Å². The average molecular weight is 263 g/mol. The molecule has 1 aromatic carbocycles. The fraction of sp³-hybridized carbons (Fsp3) is 0.200. The van der Waals surface area contributed by atoms with E-state index in [0.717, 1.165) is 5.56 Å². The summed E-state index contributed by atoms with van der Waals surface area (Å²) in [6.07, 6.45) is 1.66. The van der Waals surface area contributed by atoms with Gasteiger partial charge in [0.15, 0.2) is 0 Å². The van der Waals surface area contributed by atoms with Crippen LogP contribution >= 0.6 is 15.9 Å². The molecule has 0 bridgehead atoms. The summed E-state index contributed by atoms with van der Waals surface area (Å²) in [5, 5.41) is 0. The van der Waals surface area contributed by atoms with Gasteiger partial charge in [0.05, 0.1) is 0 Å². The number of alkyl halides is 2. The molecule has 14 heavy (non-hydrogen) atoms. The van der Waals surface area contributed by atoms with E-state index in [1.165, 1.54) is 6.07 Å². The highest BCUT2D eigenvalue weighted by molar-refractivity contribution is 9.11. The smallest absolute Gasteiger partial charge is 0.387 e. The fourth-order valence-corrected chi connectivity index (χ4v) is 1.35. The highest BCUT2D eigenvalue weighted by Gasteiger charge is 2.07. The Kier molecular flexibility index (Phi) is 4.07. The molecule has 76 valence electrons. The molecule has 0 N–H and O–H groups in total. The van der Waals surface area contributed by atoms with Gasteiger partial charge in [-0.25, -0.2) is 0 Å². The Morgan fingerprint density at radius 2 is 2.14 bits per heavy atom. The molecule has 0 unspecified atom stereocenters. The highest BCUT2D eigenvalue weighted by Crippen LogP contribution is 2.23. The van der Waals surface area contributed by atoms with Crippen LogP contribution in [0.15, 0.2) is 23.2 Å². The van der Waals surface area contributed by atoms with Crippen LogP contribution < -0.4 is 4.74 Å². The fourth-order valence-electron chi connectivity index (χ4n) is 1.07. The Hall–Kier alpha value is -0.900. The highest BCUT2D eigenvalue weighted by atomic mass is 79.9. The van der Waals surface area contributed by atoms with Crippen molar-refractivity contribution in [3.05, 3.63) is 34.3 Å². The zero-order valence-corrected chi connectivity index (χ0v) is 9.09. The average Bonchev–Trinajstić information content (AvgIpc) is 2.09. The molecule has 0 heterocycles. The van der Waals surface area contributed by atoms with E-state index in [1.54, 1.807) is 23.2 Å². The Morgan fingerprint density at radius 1 is 1.43 bits per heavy atom. The first-order chi connectivity index (χ1) is 6.63. The maximum Gasteiger partial charge on any atom is 0.387 e. The van der Waals surface area contributed by atoms with Gasteiger partial charge in [0.2, 0.25) is 0 Å². The topological polar surface area (TPSA) is 9.23 Å². The molecule has 0 aliphatic carbocycles. The third kappa shape index (κ3) is 3.10. The number of ether oxygens (including phenoxy) is 1. The van der Waals surface area contributed by atoms with Gasteiger partial charge in [0, 0.05) is 5.56 Å². The van der Waals surface area contributed by atoms with Gasteiger partial charge < -0.3 is 4.74 Å². The predicted molar refractivity (Wildman–Crippen MR) is 55.8 cm³/mol. The largest absolute Gasteiger partial charge is 0.434 e. The number of benzene rings is 1. The van der Waals surface area contributed by atoms with Gasteiger partial charge in [-0.2, -0.15) is 8.78 Å². The molecule has 0 atom stereocenters. The molecule has 0 aliphatic heterocycles. The first-order valence-electron chi connectivity index (χ1n) is 3.95. The van der Waals surface area contributed by atoms with E-state index in [2.05, 4.69) is 20.7 Å². The van der Waals surface area contributed by atoms with E-state index in [4.69, 9.17) is 0 Å². The number of rotatable bonds is 3. The van der Waals surface area contributed by atoms with Crippen LogP contribution in [0.1, 0.15) is 11.1 Å². The quantitative estimate of drug-likeness (QED) is 0.801. The minimum atomic E-state index is -2.79. The van der Waals surface area contributed by atoms with Gasteiger partial charge in [-0.1, -0.05) is 27.6 Å². The first kappa shape index (κ1) is 11.2. The van der Waals surface area contributed by atoms with Gasteiger partial charge in [0.1, 0.15) is 5.75 Å². The molecule has 0 aliphatic rings. The van der Waals surface area contributed by atoms with Gasteiger partial charge in [0.25, 0.3) is 0 Å². The number of aryl methyl sites for hydroxylation is 1. The van der Waals surface area contributed by atoms with Crippen LogP contribution in [0.25, 0.3) is 6.08 Å². The van der Waals surface area contributed by atoms with Crippen molar-refractivity contribution in [1.82, 2.24) is 0 Å². The van der Waals surface area contributed by atoms with Gasteiger partial charge in [-0.15, -0.1) is 0 Å². The van der Waals surface area contributed by atoms with Crippen molar-refractivity contribution in [3.8, 4) is 5.75 Å². The molecule has 0 fully saturated rings. The summed E-state index contributed by atoms with van der Waals surface area (Å²) in [5.74, 6) is 0.182. The second-order valence-corrected chi connectivity index (χ2v) is 3.24. The van der Waals surface area contributed by atoms with Crippen molar-refractivity contribution in [2.24, 2.45) is 0 Å². The lowest BCUT2D eigenvalue weighted by Crippen LogP contribution is -2.03. The minimum Gasteiger partial charge on any atom is -0.434 e. The molecule has 0 amide bonds. The standard InChI is InChI=1S/C10H9BrF2O/c1-7-2-3-9(14-10(12)13)8(6-7)4-5-11/h2-6,10H,1H3/b5-4-. The lowest BCUT2D eigenvalue weighted by molar-refractivity contribution is -0.0499. The molecule has 0 saturated carbocycles. The van der Waals surface area contributed by atoms with E-state index in [9.17, 15) is 8.78 Å². The zero-order valence-electron chi connectivity index (χ0n) is 7.51. The number of halogens is 3. The molecule has 0 aromatic heterocycles. The first-order valence-corrected chi connectivity index (χ1v) is 4.87. The third-order valence-electron chi connectivity index (χ3n) is 1.62. The summed E-state index contributed by atoms with van der Waals surface area (Å²) in [6, 6.07) is 5.03. The summed E-state index contributed by atoms with van der Waals surface area (Å²) >= 11 is 3.09. The van der Waals surface area contributed by atoms with Crippen molar-refractivity contribution in [2.45, 2.75) is 13.5 Å². The Morgan fingerprint density at radius 3 is 2.71 bits per heavy atom. The molecular formula is C10H9BrF2O. The van der Waals surface area contributed by atoms with E-state index >= 15 is 0 Å². The second-order valence-electron chi connectivity index (χ2n) is 2.71. The van der Waals surface area contributed by atoms with Crippen molar-refractivity contribution in [3.63, 3.8) is 0 Å². The molecular weight excluding hydrogens is 254 g/mol. The van der Waals surface area contributed by atoms with Crippen LogP contribution in [0.2, 0.25) is 0 Å². The van der Waals surface area contributed by atoms with Crippen LogP contribution in [-0.2, 0) is 0 Å². The zero-order chi connectivity index (χ0) is 10.6. The van der Waals surface area contributed by atoms with E-state index in [0.29, 0.717) is 5.56 Å². The number of hydrogen-bond acceptors (Lipinski definition) is 1. The number of hydrogen-bond donors (Lipinski definition) is 0. The maximum absolute atomic E-state index is 12.0. The lowest BCUT2D eigenvalue weighted by Gasteiger charge is -2.08. The van der Waals surface area contributed by atoms with E-state index in [1.807, 2.05) is 6.92 Å². The summed E-state index contributed by atoms with van der Waals surface area (Å²) < 4.78 is 28.3. The molecule has 1 nitrogen and oxygen atoms in total. The molecule has 1 aromatic rings. The van der Waals surface area contributed by atoms with Gasteiger partial charge in [-0.3, -0.25) is 0 Å². The van der Waals surface area contributed by atoms with E-state index in [-0.39, 0.29) is 5.75 Å². The lowest BCUT2D eigenvalue weighted by atomic mass is 10.1. The molecule has 0 saturated heterocycles. The summed E-state index contributed by atoms with van der Waals surface area (Å²) in [6.45, 7) is -0.905. The Balaban J connectivity index is 3.01. The van der Waals surface area contributed by atoms with Crippen LogP contribution in [0, 0.1) is 6.92 Å². The van der Waals surface area contributed by atoms with Crippen molar-refractivity contribution >= 4 is 22.0 Å². The second kappa shape index (κ2) is 5.10. The van der Waals surface area contributed by atoms with Crippen LogP contribution in [0.5, 0.6) is 5.75 Å². The van der Waals surface area contributed by atoms with Crippen molar-refractivity contribution in [2.75, 3.05) is 0 Å². The van der Waals surface area contributed by atoms with Crippen LogP contribution in [0.3, 0.4) is 0 Å². The van der Waals surface area contributed by atoms with Crippen molar-refractivity contribution < 1.29 is 13.5 Å². The minimum absolute atomic E-state index is 0.182. The normalized spacial score (nSPS) is 11.2.